The van der Waals surface area contributed by atoms with Crippen LogP contribution in [0, 0.1) is 23.2 Å². The first kappa shape index (κ1) is 10.5. The molecule has 0 aromatic heterocycles. The first-order chi connectivity index (χ1) is 7.53. The molecule has 0 spiro atoms. The van der Waals surface area contributed by atoms with Gasteiger partial charge in [-0.2, -0.15) is 0 Å². The van der Waals surface area contributed by atoms with Gasteiger partial charge in [-0.25, -0.2) is 4.39 Å². The van der Waals surface area contributed by atoms with Crippen molar-refractivity contribution in [3.63, 3.8) is 0 Å². The van der Waals surface area contributed by atoms with Crippen LogP contribution in [0.3, 0.4) is 0 Å². The number of alkyl halides is 1. The van der Waals surface area contributed by atoms with E-state index in [4.69, 9.17) is 10.8 Å². The van der Waals surface area contributed by atoms with Crippen molar-refractivity contribution in [2.75, 3.05) is 6.54 Å². The van der Waals surface area contributed by atoms with E-state index in [-0.39, 0.29) is 18.3 Å². The van der Waals surface area contributed by atoms with E-state index in [1.807, 2.05) is 0 Å². The lowest BCUT2D eigenvalue weighted by Gasteiger charge is -2.62. The van der Waals surface area contributed by atoms with Crippen molar-refractivity contribution < 1.29 is 14.3 Å². The molecule has 0 aromatic carbocycles. The Morgan fingerprint density at radius 1 is 1.44 bits per heavy atom. The van der Waals surface area contributed by atoms with E-state index in [0.717, 1.165) is 19.3 Å². The van der Waals surface area contributed by atoms with Crippen LogP contribution < -0.4 is 5.73 Å². The fraction of sp³-hybridized carbons (Fsp3) is 0.917. The monoisotopic (exact) mass is 227 g/mol. The summed E-state index contributed by atoms with van der Waals surface area (Å²) in [7, 11) is 0. The quantitative estimate of drug-likeness (QED) is 0.769. The van der Waals surface area contributed by atoms with Crippen LogP contribution in [0.1, 0.15) is 32.1 Å². The summed E-state index contributed by atoms with van der Waals surface area (Å²) in [6, 6.07) is 0. The molecule has 0 aliphatic heterocycles. The topological polar surface area (TPSA) is 63.3 Å². The van der Waals surface area contributed by atoms with Crippen LogP contribution in [-0.2, 0) is 4.79 Å². The van der Waals surface area contributed by atoms with Crippen LogP contribution in [0.25, 0.3) is 0 Å². The molecule has 2 unspecified atom stereocenters. The predicted molar refractivity (Wildman–Crippen MR) is 56.5 cm³/mol. The Bertz CT molecular complexity index is 338. The summed E-state index contributed by atoms with van der Waals surface area (Å²) in [4.78, 5) is 11.0. The molecule has 3 aliphatic carbocycles. The lowest BCUT2D eigenvalue weighted by Crippen LogP contribution is -2.68. The summed E-state index contributed by atoms with van der Waals surface area (Å²) < 4.78 is 14.7. The molecule has 16 heavy (non-hydrogen) atoms. The second-order valence-corrected chi connectivity index (χ2v) is 5.92. The minimum absolute atomic E-state index is 0.0528. The number of aliphatic carboxylic acids is 1. The molecule has 90 valence electrons. The van der Waals surface area contributed by atoms with E-state index < -0.39 is 17.1 Å². The zero-order valence-electron chi connectivity index (χ0n) is 9.29. The van der Waals surface area contributed by atoms with E-state index >= 15 is 0 Å². The fourth-order valence-electron chi connectivity index (χ4n) is 4.95. The molecule has 3 fully saturated rings. The van der Waals surface area contributed by atoms with E-state index in [1.54, 1.807) is 0 Å². The summed E-state index contributed by atoms with van der Waals surface area (Å²) in [5.74, 6) is -0.528. The van der Waals surface area contributed by atoms with E-state index in [1.165, 1.54) is 0 Å². The first-order valence-corrected chi connectivity index (χ1v) is 6.14. The van der Waals surface area contributed by atoms with Gasteiger partial charge in [-0.3, -0.25) is 4.79 Å². The Labute approximate surface area is 94.2 Å². The molecule has 3 aliphatic rings. The van der Waals surface area contributed by atoms with Gasteiger partial charge in [0.05, 0.1) is 6.42 Å². The number of carbonyl (C=O) groups is 1. The maximum Gasteiger partial charge on any atom is 0.303 e. The summed E-state index contributed by atoms with van der Waals surface area (Å²) >= 11 is 0. The average molecular weight is 227 g/mol. The van der Waals surface area contributed by atoms with Crippen LogP contribution in [0.5, 0.6) is 0 Å². The molecule has 3 rings (SSSR count). The highest BCUT2D eigenvalue weighted by Crippen LogP contribution is 2.74. The standard InChI is InChI=1S/C12H18FNO2/c13-12-4-7-1-2-8(12)11(6-14,5-10(15)16)9(12)3-7/h7-9H,1-6,14H2,(H,15,16)/t7-,8?,9-,11+,12?/m1/s1. The summed E-state index contributed by atoms with van der Waals surface area (Å²) in [5.41, 5.74) is 4.28. The number of halogens is 1. The predicted octanol–water partition coefficient (Wildman–Crippen LogP) is 1.56. The number of carboxylic acids is 1. The van der Waals surface area contributed by atoms with Crippen molar-refractivity contribution in [3.8, 4) is 0 Å². The number of nitrogens with two attached hydrogens (primary N) is 1. The molecule has 0 radical (unpaired) electrons. The van der Waals surface area contributed by atoms with Crippen LogP contribution in [0.2, 0.25) is 0 Å². The second kappa shape index (κ2) is 2.97. The van der Waals surface area contributed by atoms with Crippen molar-refractivity contribution in [1.29, 1.82) is 0 Å². The normalized spacial score (nSPS) is 53.5. The SMILES string of the molecule is NC[C@@]1(CC(=O)O)C2CC[C@@H]3C[C@H]1C2(F)C3. The van der Waals surface area contributed by atoms with Crippen molar-refractivity contribution in [1.82, 2.24) is 0 Å². The van der Waals surface area contributed by atoms with Gasteiger partial charge in [0.2, 0.25) is 0 Å². The smallest absolute Gasteiger partial charge is 0.303 e. The molecule has 3 nitrogen and oxygen atoms in total. The highest BCUT2D eigenvalue weighted by molar-refractivity contribution is 5.68. The Hall–Kier alpha value is -0.640. The number of rotatable bonds is 3. The zero-order chi connectivity index (χ0) is 11.6. The highest BCUT2D eigenvalue weighted by atomic mass is 19.1. The lowest BCUT2D eigenvalue weighted by molar-refractivity contribution is -0.205. The summed E-state index contributed by atoms with van der Waals surface area (Å²) in [5, 5.41) is 9.00. The summed E-state index contributed by atoms with van der Waals surface area (Å²) in [6.45, 7) is 0.326. The fourth-order valence-corrected chi connectivity index (χ4v) is 4.95. The highest BCUT2D eigenvalue weighted by Gasteiger charge is 2.75. The molecule has 0 heterocycles. The molecule has 4 heteroatoms. The Balaban J connectivity index is 1.95. The molecule has 3 saturated carbocycles. The Kier molecular flexibility index (Phi) is 1.95. The lowest BCUT2D eigenvalue weighted by atomic mass is 9.43. The first-order valence-electron chi connectivity index (χ1n) is 6.14. The maximum atomic E-state index is 14.7. The molecular formula is C12H18FNO2. The van der Waals surface area contributed by atoms with Crippen molar-refractivity contribution >= 4 is 5.97 Å². The molecule has 2 bridgehead atoms. The molecule has 5 atom stereocenters. The second-order valence-electron chi connectivity index (χ2n) is 5.92. The van der Waals surface area contributed by atoms with Crippen LogP contribution >= 0.6 is 0 Å². The summed E-state index contributed by atoms with van der Waals surface area (Å²) in [6.07, 6.45) is 3.47. The van der Waals surface area contributed by atoms with Crippen molar-refractivity contribution in [3.05, 3.63) is 0 Å². The maximum absolute atomic E-state index is 14.7. The Morgan fingerprint density at radius 2 is 2.19 bits per heavy atom. The van der Waals surface area contributed by atoms with E-state index in [9.17, 15) is 9.18 Å². The number of hydrogen-bond donors (Lipinski definition) is 2. The minimum atomic E-state index is -1.07. The van der Waals surface area contributed by atoms with Gasteiger partial charge in [0.1, 0.15) is 5.67 Å². The van der Waals surface area contributed by atoms with Gasteiger partial charge in [0.25, 0.3) is 0 Å². The van der Waals surface area contributed by atoms with Crippen LogP contribution in [-0.4, -0.2) is 23.3 Å². The van der Waals surface area contributed by atoms with Gasteiger partial charge >= 0.3 is 5.97 Å². The van der Waals surface area contributed by atoms with Crippen molar-refractivity contribution in [2.45, 2.75) is 37.8 Å². The molecule has 0 saturated heterocycles. The van der Waals surface area contributed by atoms with Crippen molar-refractivity contribution in [2.24, 2.45) is 28.9 Å². The third kappa shape index (κ3) is 0.992. The van der Waals surface area contributed by atoms with Gasteiger partial charge in [-0.05, 0) is 38.1 Å². The average Bonchev–Trinajstić information content (AvgIpc) is 2.35. The van der Waals surface area contributed by atoms with Gasteiger partial charge in [-0.1, -0.05) is 0 Å². The third-order valence-electron chi connectivity index (χ3n) is 5.44. The molecule has 3 N–H and O–H groups in total. The van der Waals surface area contributed by atoms with Crippen LogP contribution in [0.4, 0.5) is 4.39 Å². The number of fused-ring (bicyclic) bond motifs is 1. The van der Waals surface area contributed by atoms with E-state index in [2.05, 4.69) is 0 Å². The number of carboxylic acid groups (broad SMARTS) is 1. The Morgan fingerprint density at radius 3 is 2.81 bits per heavy atom. The number of hydrogen-bond acceptors (Lipinski definition) is 2. The van der Waals surface area contributed by atoms with Gasteiger partial charge in [0, 0.05) is 17.3 Å². The molecule has 0 aromatic rings. The molecular weight excluding hydrogens is 209 g/mol. The zero-order valence-corrected chi connectivity index (χ0v) is 9.29. The van der Waals surface area contributed by atoms with Crippen LogP contribution in [0.15, 0.2) is 0 Å². The minimum Gasteiger partial charge on any atom is -0.481 e. The van der Waals surface area contributed by atoms with Gasteiger partial charge in [0.15, 0.2) is 0 Å². The van der Waals surface area contributed by atoms with E-state index in [0.29, 0.717) is 18.9 Å². The third-order valence-corrected chi connectivity index (χ3v) is 5.44. The molecule has 0 amide bonds. The van der Waals surface area contributed by atoms with Gasteiger partial charge in [-0.15, -0.1) is 0 Å². The van der Waals surface area contributed by atoms with Gasteiger partial charge < -0.3 is 10.8 Å². The largest absolute Gasteiger partial charge is 0.481 e.